The van der Waals surface area contributed by atoms with Crippen molar-refractivity contribution in [2.24, 2.45) is 0 Å². The maximum absolute atomic E-state index is 5.20. The van der Waals surface area contributed by atoms with E-state index in [4.69, 9.17) is 4.52 Å². The van der Waals surface area contributed by atoms with Crippen molar-refractivity contribution in [3.8, 4) is 5.69 Å². The van der Waals surface area contributed by atoms with Crippen molar-refractivity contribution in [2.45, 2.75) is 24.8 Å². The fourth-order valence-electron chi connectivity index (χ4n) is 1.94. The number of aryl methyl sites for hydroxylation is 2. The van der Waals surface area contributed by atoms with Crippen LogP contribution in [0.4, 0.5) is 0 Å². The molecule has 20 heavy (non-hydrogen) atoms. The van der Waals surface area contributed by atoms with Gasteiger partial charge < -0.3 is 4.52 Å². The van der Waals surface area contributed by atoms with Gasteiger partial charge >= 0.3 is 0 Å². The number of benzene rings is 1. The zero-order chi connectivity index (χ0) is 13.9. The van der Waals surface area contributed by atoms with Gasteiger partial charge in [-0.1, -0.05) is 35.1 Å². The minimum atomic E-state index is 0.686. The van der Waals surface area contributed by atoms with Gasteiger partial charge in [-0.2, -0.15) is 0 Å². The highest BCUT2D eigenvalue weighted by Gasteiger charge is 2.10. The van der Waals surface area contributed by atoms with E-state index < -0.39 is 0 Å². The summed E-state index contributed by atoms with van der Waals surface area (Å²) in [6.45, 7) is 3.98. The Kier molecular flexibility index (Phi) is 3.56. The Hall–Kier alpha value is -2.08. The largest absolute Gasteiger partial charge is 0.360 e. The Balaban J connectivity index is 1.82. The molecular weight excluding hydrogens is 272 g/mol. The minimum Gasteiger partial charge on any atom is -0.360 e. The first-order valence-corrected chi connectivity index (χ1v) is 7.23. The highest BCUT2D eigenvalue weighted by Crippen LogP contribution is 2.24. The van der Waals surface area contributed by atoms with Crippen molar-refractivity contribution in [2.75, 3.05) is 0 Å². The number of hydrogen-bond acceptors (Lipinski definition) is 5. The van der Waals surface area contributed by atoms with Crippen LogP contribution in [0.15, 0.2) is 46.3 Å². The predicted molar refractivity (Wildman–Crippen MR) is 76.9 cm³/mol. The number of para-hydroxylation sites is 1. The van der Waals surface area contributed by atoms with Crippen molar-refractivity contribution in [1.29, 1.82) is 0 Å². The topological polar surface area (TPSA) is 56.7 Å². The lowest BCUT2D eigenvalue weighted by molar-refractivity contribution is 0.391. The number of aromatic nitrogens is 4. The molecule has 0 aliphatic carbocycles. The van der Waals surface area contributed by atoms with Crippen LogP contribution in [0.5, 0.6) is 0 Å². The summed E-state index contributed by atoms with van der Waals surface area (Å²) < 4.78 is 7.19. The van der Waals surface area contributed by atoms with Gasteiger partial charge in [0.25, 0.3) is 0 Å². The molecule has 0 radical (unpaired) electrons. The molecule has 0 saturated carbocycles. The second-order valence-corrected chi connectivity index (χ2v) is 5.44. The number of hydrogen-bond donors (Lipinski definition) is 0. The molecule has 0 saturated heterocycles. The van der Waals surface area contributed by atoms with Crippen LogP contribution in [0.25, 0.3) is 5.69 Å². The molecule has 3 rings (SSSR count). The minimum absolute atomic E-state index is 0.686. The van der Waals surface area contributed by atoms with Crippen LogP contribution >= 0.6 is 11.8 Å². The summed E-state index contributed by atoms with van der Waals surface area (Å²) in [5, 5.41) is 12.9. The monoisotopic (exact) mass is 286 g/mol. The highest BCUT2D eigenvalue weighted by molar-refractivity contribution is 7.98. The van der Waals surface area contributed by atoms with Gasteiger partial charge in [0.2, 0.25) is 0 Å². The molecule has 0 bridgehead atoms. The molecule has 0 fully saturated rings. The Labute approximate surface area is 121 Å². The first-order valence-electron chi connectivity index (χ1n) is 6.25. The molecule has 0 amide bonds. The number of nitrogens with zero attached hydrogens (tertiary/aromatic N) is 4. The molecule has 1 aromatic carbocycles. The second kappa shape index (κ2) is 5.50. The van der Waals surface area contributed by atoms with Crippen LogP contribution in [0.1, 0.15) is 17.0 Å². The summed E-state index contributed by atoms with van der Waals surface area (Å²) in [6, 6.07) is 10.1. The quantitative estimate of drug-likeness (QED) is 0.689. The van der Waals surface area contributed by atoms with Gasteiger partial charge in [0.05, 0.1) is 17.1 Å². The molecule has 102 valence electrons. The van der Waals surface area contributed by atoms with Crippen LogP contribution in [0, 0.1) is 13.8 Å². The summed E-state index contributed by atoms with van der Waals surface area (Å²) in [4.78, 5) is 0. The highest BCUT2D eigenvalue weighted by atomic mass is 32.2. The molecular formula is C14H14N4OS. The van der Waals surface area contributed by atoms with Gasteiger partial charge in [0, 0.05) is 6.07 Å². The first-order chi connectivity index (χ1) is 9.74. The standard InChI is InChI=1S/C14H14N4OS/c1-10-5-3-4-6-13(10)18-9-15-16-14(18)20-8-12-7-11(2)17-19-12/h3-7,9H,8H2,1-2H3. The van der Waals surface area contributed by atoms with Crippen LogP contribution in [-0.2, 0) is 5.75 Å². The second-order valence-electron chi connectivity index (χ2n) is 4.49. The lowest BCUT2D eigenvalue weighted by Crippen LogP contribution is -1.97. The third-order valence-electron chi connectivity index (χ3n) is 2.91. The Morgan fingerprint density at radius 1 is 1.25 bits per heavy atom. The van der Waals surface area contributed by atoms with E-state index in [0.717, 1.165) is 22.3 Å². The van der Waals surface area contributed by atoms with Crippen LogP contribution in [0.2, 0.25) is 0 Å². The van der Waals surface area contributed by atoms with Crippen molar-refractivity contribution < 1.29 is 4.52 Å². The van der Waals surface area contributed by atoms with Crippen molar-refractivity contribution >= 4 is 11.8 Å². The van der Waals surface area contributed by atoms with Gasteiger partial charge in [-0.05, 0) is 25.5 Å². The van der Waals surface area contributed by atoms with E-state index in [1.54, 1.807) is 18.1 Å². The molecule has 0 spiro atoms. The molecule has 0 aliphatic heterocycles. The van der Waals surface area contributed by atoms with Crippen molar-refractivity contribution in [3.63, 3.8) is 0 Å². The molecule has 0 aliphatic rings. The van der Waals surface area contributed by atoms with E-state index in [-0.39, 0.29) is 0 Å². The Morgan fingerprint density at radius 2 is 2.10 bits per heavy atom. The summed E-state index contributed by atoms with van der Waals surface area (Å²) >= 11 is 1.58. The zero-order valence-corrected chi connectivity index (χ0v) is 12.1. The average Bonchev–Trinajstić information content (AvgIpc) is 3.06. The van der Waals surface area contributed by atoms with Gasteiger partial charge in [-0.15, -0.1) is 10.2 Å². The maximum atomic E-state index is 5.20. The van der Waals surface area contributed by atoms with Gasteiger partial charge in [-0.25, -0.2) is 0 Å². The Bertz CT molecular complexity index is 719. The lowest BCUT2D eigenvalue weighted by atomic mass is 10.2. The SMILES string of the molecule is Cc1cc(CSc2nncn2-c2ccccc2C)on1. The van der Waals surface area contributed by atoms with Crippen molar-refractivity contribution in [1.82, 2.24) is 19.9 Å². The molecule has 0 N–H and O–H groups in total. The first kappa shape index (κ1) is 12.9. The smallest absolute Gasteiger partial charge is 0.196 e. The zero-order valence-electron chi connectivity index (χ0n) is 11.3. The molecule has 0 atom stereocenters. The van der Waals surface area contributed by atoms with Crippen LogP contribution < -0.4 is 0 Å². The molecule has 2 heterocycles. The van der Waals surface area contributed by atoms with E-state index >= 15 is 0 Å². The maximum Gasteiger partial charge on any atom is 0.196 e. The summed E-state index contributed by atoms with van der Waals surface area (Å²) in [5.74, 6) is 1.53. The average molecular weight is 286 g/mol. The summed E-state index contributed by atoms with van der Waals surface area (Å²) in [6.07, 6.45) is 1.73. The number of rotatable bonds is 4. The van der Waals surface area contributed by atoms with Crippen LogP contribution in [-0.4, -0.2) is 19.9 Å². The fourth-order valence-corrected chi connectivity index (χ4v) is 2.74. The molecule has 6 heteroatoms. The third kappa shape index (κ3) is 2.60. The fraction of sp³-hybridized carbons (Fsp3) is 0.214. The lowest BCUT2D eigenvalue weighted by Gasteiger charge is -2.08. The summed E-state index contributed by atoms with van der Waals surface area (Å²) in [5.41, 5.74) is 3.17. The van der Waals surface area contributed by atoms with Gasteiger partial charge in [-0.3, -0.25) is 4.57 Å². The molecule has 5 nitrogen and oxygen atoms in total. The Morgan fingerprint density at radius 3 is 2.85 bits per heavy atom. The third-order valence-corrected chi connectivity index (χ3v) is 3.88. The summed E-state index contributed by atoms with van der Waals surface area (Å²) in [7, 11) is 0. The van der Waals surface area contributed by atoms with E-state index in [0.29, 0.717) is 5.75 Å². The van der Waals surface area contributed by atoms with E-state index in [1.165, 1.54) is 5.56 Å². The predicted octanol–water partition coefficient (Wildman–Crippen LogP) is 3.16. The van der Waals surface area contributed by atoms with E-state index in [1.807, 2.05) is 29.7 Å². The van der Waals surface area contributed by atoms with E-state index in [2.05, 4.69) is 34.4 Å². The van der Waals surface area contributed by atoms with Gasteiger partial charge in [0.1, 0.15) is 12.1 Å². The van der Waals surface area contributed by atoms with Crippen molar-refractivity contribution in [3.05, 3.63) is 53.7 Å². The van der Waals surface area contributed by atoms with E-state index in [9.17, 15) is 0 Å². The normalized spacial score (nSPS) is 10.9. The molecule has 0 unspecified atom stereocenters. The molecule has 3 aromatic rings. The van der Waals surface area contributed by atoms with Gasteiger partial charge in [0.15, 0.2) is 5.16 Å². The van der Waals surface area contributed by atoms with Crippen LogP contribution in [0.3, 0.4) is 0 Å². The number of thioether (sulfide) groups is 1. The molecule has 2 aromatic heterocycles.